The van der Waals surface area contributed by atoms with Gasteiger partial charge in [-0.1, -0.05) is 11.8 Å². The molecule has 0 radical (unpaired) electrons. The standard InChI is InChI=1S/C14H12FN3O2/c1-18-7-6-13(17-18)16-14(20)11-5-4-10(3-2-8-19)9-12(11)15/h4-7,9,19H,8H2,1H3,(H,16,17,20). The summed E-state index contributed by atoms with van der Waals surface area (Å²) >= 11 is 0. The first-order valence-electron chi connectivity index (χ1n) is 5.80. The zero-order chi connectivity index (χ0) is 14.5. The predicted molar refractivity (Wildman–Crippen MR) is 71.5 cm³/mol. The van der Waals surface area contributed by atoms with Crippen molar-refractivity contribution in [2.75, 3.05) is 11.9 Å². The highest BCUT2D eigenvalue weighted by molar-refractivity contribution is 6.04. The summed E-state index contributed by atoms with van der Waals surface area (Å²) in [7, 11) is 1.71. The summed E-state index contributed by atoms with van der Waals surface area (Å²) in [6.07, 6.45) is 1.67. The van der Waals surface area contributed by atoms with Gasteiger partial charge in [0, 0.05) is 24.9 Å². The number of carbonyl (C=O) groups is 1. The van der Waals surface area contributed by atoms with Gasteiger partial charge in [0.15, 0.2) is 5.82 Å². The number of amides is 1. The first-order chi connectivity index (χ1) is 9.60. The number of halogens is 1. The highest BCUT2D eigenvalue weighted by Crippen LogP contribution is 2.12. The molecular formula is C14H12FN3O2. The van der Waals surface area contributed by atoms with Crippen molar-refractivity contribution in [3.05, 3.63) is 47.4 Å². The van der Waals surface area contributed by atoms with Crippen LogP contribution in [0.1, 0.15) is 15.9 Å². The Morgan fingerprint density at radius 3 is 2.90 bits per heavy atom. The van der Waals surface area contributed by atoms with E-state index in [4.69, 9.17) is 5.11 Å². The predicted octanol–water partition coefficient (Wildman–Crippen LogP) is 1.16. The monoisotopic (exact) mass is 273 g/mol. The maximum absolute atomic E-state index is 13.8. The van der Waals surface area contributed by atoms with Crippen LogP contribution >= 0.6 is 0 Å². The van der Waals surface area contributed by atoms with Gasteiger partial charge in [-0.2, -0.15) is 5.10 Å². The van der Waals surface area contributed by atoms with Crippen molar-refractivity contribution in [3.8, 4) is 11.8 Å². The van der Waals surface area contributed by atoms with Crippen LogP contribution in [0.15, 0.2) is 30.5 Å². The summed E-state index contributed by atoms with van der Waals surface area (Å²) in [4.78, 5) is 11.9. The Bertz CT molecular complexity index is 698. The molecule has 0 bridgehead atoms. The van der Waals surface area contributed by atoms with Crippen LogP contribution in [0.3, 0.4) is 0 Å². The molecule has 0 unspecified atom stereocenters. The second-order valence-corrected chi connectivity index (χ2v) is 3.98. The molecule has 6 heteroatoms. The molecule has 5 nitrogen and oxygen atoms in total. The maximum Gasteiger partial charge on any atom is 0.259 e. The molecule has 0 atom stereocenters. The van der Waals surface area contributed by atoms with Crippen LogP contribution < -0.4 is 5.32 Å². The second kappa shape index (κ2) is 5.99. The summed E-state index contributed by atoms with van der Waals surface area (Å²) in [6, 6.07) is 5.61. The number of carbonyl (C=O) groups excluding carboxylic acids is 1. The van der Waals surface area contributed by atoms with Crippen LogP contribution in [0.2, 0.25) is 0 Å². The number of nitrogens with one attached hydrogen (secondary N) is 1. The zero-order valence-electron chi connectivity index (χ0n) is 10.7. The van der Waals surface area contributed by atoms with E-state index in [1.54, 1.807) is 19.3 Å². The highest BCUT2D eigenvalue weighted by Gasteiger charge is 2.13. The van der Waals surface area contributed by atoms with E-state index >= 15 is 0 Å². The van der Waals surface area contributed by atoms with E-state index in [1.165, 1.54) is 16.8 Å². The molecule has 0 saturated carbocycles. The van der Waals surface area contributed by atoms with Gasteiger partial charge in [0.2, 0.25) is 0 Å². The number of aliphatic hydroxyl groups is 1. The average molecular weight is 273 g/mol. The molecule has 1 amide bonds. The topological polar surface area (TPSA) is 67.2 Å². The molecule has 1 aromatic carbocycles. The smallest absolute Gasteiger partial charge is 0.259 e. The number of nitrogens with zero attached hydrogens (tertiary/aromatic N) is 2. The minimum absolute atomic E-state index is 0.0924. The van der Waals surface area contributed by atoms with E-state index in [1.807, 2.05) is 0 Å². The van der Waals surface area contributed by atoms with Crippen LogP contribution in [-0.2, 0) is 7.05 Å². The van der Waals surface area contributed by atoms with Gasteiger partial charge in [-0.05, 0) is 18.2 Å². The van der Waals surface area contributed by atoms with E-state index in [0.29, 0.717) is 11.4 Å². The van der Waals surface area contributed by atoms with Crippen LogP contribution in [0.5, 0.6) is 0 Å². The molecule has 0 aliphatic heterocycles. The second-order valence-electron chi connectivity index (χ2n) is 3.98. The fraction of sp³-hybridized carbons (Fsp3) is 0.143. The lowest BCUT2D eigenvalue weighted by atomic mass is 10.1. The summed E-state index contributed by atoms with van der Waals surface area (Å²) in [5, 5.41) is 15.0. The lowest BCUT2D eigenvalue weighted by Gasteiger charge is -2.03. The molecule has 2 N–H and O–H groups in total. The van der Waals surface area contributed by atoms with Crippen molar-refractivity contribution in [2.24, 2.45) is 7.05 Å². The number of aryl methyl sites for hydroxylation is 1. The molecule has 2 aromatic rings. The Balaban J connectivity index is 2.18. The summed E-state index contributed by atoms with van der Waals surface area (Å²) in [5.74, 6) is 4.07. The number of aliphatic hydroxyl groups excluding tert-OH is 1. The van der Waals surface area contributed by atoms with Gasteiger partial charge >= 0.3 is 0 Å². The van der Waals surface area contributed by atoms with E-state index < -0.39 is 11.7 Å². The van der Waals surface area contributed by atoms with Crippen LogP contribution in [0, 0.1) is 17.7 Å². The van der Waals surface area contributed by atoms with Gasteiger partial charge in [-0.15, -0.1) is 0 Å². The Morgan fingerprint density at radius 1 is 1.50 bits per heavy atom. The average Bonchev–Trinajstić information content (AvgIpc) is 2.81. The third-order valence-corrected chi connectivity index (χ3v) is 2.48. The zero-order valence-corrected chi connectivity index (χ0v) is 10.7. The molecule has 102 valence electrons. The fourth-order valence-electron chi connectivity index (χ4n) is 1.58. The number of aromatic nitrogens is 2. The quantitative estimate of drug-likeness (QED) is 0.807. The third kappa shape index (κ3) is 3.22. The van der Waals surface area contributed by atoms with Crippen molar-refractivity contribution >= 4 is 11.7 Å². The van der Waals surface area contributed by atoms with Crippen molar-refractivity contribution in [2.45, 2.75) is 0 Å². The van der Waals surface area contributed by atoms with Crippen molar-refractivity contribution in [1.82, 2.24) is 9.78 Å². The maximum atomic E-state index is 13.8. The van der Waals surface area contributed by atoms with Crippen molar-refractivity contribution in [1.29, 1.82) is 0 Å². The Kier molecular flexibility index (Phi) is 4.13. The third-order valence-electron chi connectivity index (χ3n) is 2.48. The van der Waals surface area contributed by atoms with E-state index in [0.717, 1.165) is 6.07 Å². The molecule has 0 aliphatic carbocycles. The molecule has 0 saturated heterocycles. The van der Waals surface area contributed by atoms with Crippen LogP contribution in [-0.4, -0.2) is 27.4 Å². The lowest BCUT2D eigenvalue weighted by molar-refractivity contribution is 0.102. The molecule has 0 aliphatic rings. The van der Waals surface area contributed by atoms with Gasteiger partial charge < -0.3 is 10.4 Å². The number of rotatable bonds is 2. The van der Waals surface area contributed by atoms with Crippen LogP contribution in [0.4, 0.5) is 10.2 Å². The highest BCUT2D eigenvalue weighted by atomic mass is 19.1. The summed E-state index contributed by atoms with van der Waals surface area (Å²) in [5.41, 5.74) is 0.302. The lowest BCUT2D eigenvalue weighted by Crippen LogP contribution is -2.14. The SMILES string of the molecule is Cn1ccc(NC(=O)c2ccc(C#CCO)cc2F)n1. The minimum Gasteiger partial charge on any atom is -0.384 e. The summed E-state index contributed by atoms with van der Waals surface area (Å²) < 4.78 is 15.3. The number of anilines is 1. The Hall–Kier alpha value is -2.65. The number of benzene rings is 1. The number of hydrogen-bond acceptors (Lipinski definition) is 3. The van der Waals surface area contributed by atoms with Crippen LogP contribution in [0.25, 0.3) is 0 Å². The minimum atomic E-state index is -0.678. The van der Waals surface area contributed by atoms with Gasteiger partial charge in [-0.3, -0.25) is 9.48 Å². The normalized spacial score (nSPS) is 9.75. The van der Waals surface area contributed by atoms with Gasteiger partial charge in [0.05, 0.1) is 5.56 Å². The summed E-state index contributed by atoms with van der Waals surface area (Å²) in [6.45, 7) is -0.302. The molecule has 1 heterocycles. The van der Waals surface area contributed by atoms with Gasteiger partial charge in [0.25, 0.3) is 5.91 Å². The molecule has 1 aromatic heterocycles. The molecule has 0 fully saturated rings. The molecule has 2 rings (SSSR count). The Morgan fingerprint density at radius 2 is 2.30 bits per heavy atom. The molecular weight excluding hydrogens is 261 g/mol. The Labute approximate surface area is 115 Å². The van der Waals surface area contributed by atoms with Crippen molar-refractivity contribution < 1.29 is 14.3 Å². The first-order valence-corrected chi connectivity index (χ1v) is 5.80. The number of hydrogen-bond donors (Lipinski definition) is 2. The van der Waals surface area contributed by atoms with Crippen molar-refractivity contribution in [3.63, 3.8) is 0 Å². The van der Waals surface area contributed by atoms with E-state index in [9.17, 15) is 9.18 Å². The fourth-order valence-corrected chi connectivity index (χ4v) is 1.58. The van der Waals surface area contributed by atoms with Gasteiger partial charge in [0.1, 0.15) is 12.4 Å². The first kappa shape index (κ1) is 13.8. The molecule has 0 spiro atoms. The van der Waals surface area contributed by atoms with E-state index in [2.05, 4.69) is 22.3 Å². The van der Waals surface area contributed by atoms with Gasteiger partial charge in [-0.25, -0.2) is 4.39 Å². The largest absolute Gasteiger partial charge is 0.384 e. The molecule has 20 heavy (non-hydrogen) atoms. The van der Waals surface area contributed by atoms with E-state index in [-0.39, 0.29) is 12.2 Å².